The second-order valence-corrected chi connectivity index (χ2v) is 13.3. The SMILES string of the molecule is CC(C)(C)c1cc(CSC2CCCCCCC2)c(O)c(SC(c2ccccc2)c2ccccc2)c1. The van der Waals surface area contributed by atoms with E-state index >= 15 is 0 Å². The molecule has 35 heavy (non-hydrogen) atoms. The van der Waals surface area contributed by atoms with E-state index < -0.39 is 0 Å². The van der Waals surface area contributed by atoms with Crippen LogP contribution in [0.5, 0.6) is 5.75 Å². The minimum atomic E-state index is 0.0254. The Hall–Kier alpha value is -1.84. The predicted molar refractivity (Wildman–Crippen MR) is 155 cm³/mol. The fourth-order valence-corrected chi connectivity index (χ4v) is 7.38. The van der Waals surface area contributed by atoms with Crippen molar-refractivity contribution in [1.29, 1.82) is 0 Å². The molecule has 1 fully saturated rings. The average molecular weight is 505 g/mol. The van der Waals surface area contributed by atoms with Crippen molar-refractivity contribution in [2.45, 2.75) is 92.3 Å². The number of hydrogen-bond donors (Lipinski definition) is 1. The highest BCUT2D eigenvalue weighted by Gasteiger charge is 2.23. The molecular formula is C32H40OS2. The summed E-state index contributed by atoms with van der Waals surface area (Å²) >= 11 is 3.83. The minimum Gasteiger partial charge on any atom is -0.506 e. The first-order valence-electron chi connectivity index (χ1n) is 13.2. The molecule has 0 aromatic heterocycles. The molecule has 0 amide bonds. The molecule has 0 radical (unpaired) electrons. The molecule has 0 bridgehead atoms. The molecule has 1 N–H and O–H groups in total. The van der Waals surface area contributed by atoms with Crippen LogP contribution in [0.15, 0.2) is 77.7 Å². The molecule has 1 aliphatic rings. The Morgan fingerprint density at radius 1 is 0.800 bits per heavy atom. The van der Waals surface area contributed by atoms with E-state index in [1.54, 1.807) is 11.8 Å². The molecule has 3 aromatic rings. The first-order valence-corrected chi connectivity index (χ1v) is 15.1. The van der Waals surface area contributed by atoms with Gasteiger partial charge in [-0.15, -0.1) is 11.8 Å². The number of phenolic OH excluding ortho intramolecular Hbond substituents is 1. The Labute approximate surface area is 221 Å². The minimum absolute atomic E-state index is 0.0254. The molecule has 1 aliphatic carbocycles. The number of aromatic hydroxyl groups is 1. The van der Waals surface area contributed by atoms with Gasteiger partial charge < -0.3 is 5.11 Å². The van der Waals surface area contributed by atoms with Crippen LogP contribution in [-0.4, -0.2) is 10.4 Å². The van der Waals surface area contributed by atoms with Gasteiger partial charge >= 0.3 is 0 Å². The Balaban J connectivity index is 1.65. The Bertz CT molecular complexity index is 1010. The van der Waals surface area contributed by atoms with Crippen molar-refractivity contribution in [3.63, 3.8) is 0 Å². The van der Waals surface area contributed by atoms with E-state index in [0.717, 1.165) is 16.2 Å². The van der Waals surface area contributed by atoms with Crippen LogP contribution in [0.3, 0.4) is 0 Å². The summed E-state index contributed by atoms with van der Waals surface area (Å²) in [5.74, 6) is 1.35. The molecule has 1 nitrogen and oxygen atoms in total. The van der Waals surface area contributed by atoms with Crippen LogP contribution in [0, 0.1) is 0 Å². The van der Waals surface area contributed by atoms with E-state index in [-0.39, 0.29) is 10.7 Å². The number of hydrogen-bond acceptors (Lipinski definition) is 3. The molecule has 3 heteroatoms. The summed E-state index contributed by atoms with van der Waals surface area (Å²) in [6.07, 6.45) is 9.49. The van der Waals surface area contributed by atoms with Gasteiger partial charge in [-0.3, -0.25) is 0 Å². The van der Waals surface area contributed by atoms with Gasteiger partial charge in [0.15, 0.2) is 0 Å². The van der Waals surface area contributed by atoms with E-state index in [2.05, 4.69) is 105 Å². The van der Waals surface area contributed by atoms with Crippen LogP contribution in [-0.2, 0) is 11.2 Å². The van der Waals surface area contributed by atoms with Crippen molar-refractivity contribution >= 4 is 23.5 Å². The Morgan fingerprint density at radius 2 is 1.34 bits per heavy atom. The third kappa shape index (κ3) is 7.33. The van der Waals surface area contributed by atoms with Crippen LogP contribution >= 0.6 is 23.5 Å². The number of rotatable bonds is 7. The molecule has 0 saturated heterocycles. The standard InChI is InChI=1S/C32H40OS2/c1-32(2,3)27-21-26(23-34-28-19-13-5-4-6-14-20-28)30(33)29(22-27)35-31(24-15-9-7-10-16-24)25-17-11-8-12-18-25/h7-12,15-18,21-22,28,31,33H,4-6,13-14,19-20,23H2,1-3H3. The van der Waals surface area contributed by atoms with Crippen molar-refractivity contribution in [3.8, 4) is 5.75 Å². The highest BCUT2D eigenvalue weighted by Crippen LogP contribution is 2.47. The van der Waals surface area contributed by atoms with Gasteiger partial charge in [0.2, 0.25) is 0 Å². The van der Waals surface area contributed by atoms with E-state index in [1.807, 2.05) is 0 Å². The van der Waals surface area contributed by atoms with Gasteiger partial charge in [0.25, 0.3) is 0 Å². The quantitative estimate of drug-likeness (QED) is 0.323. The van der Waals surface area contributed by atoms with E-state index in [0.29, 0.717) is 11.0 Å². The zero-order chi connectivity index (χ0) is 24.7. The molecule has 0 unspecified atom stereocenters. The van der Waals surface area contributed by atoms with Crippen LogP contribution in [0.4, 0.5) is 0 Å². The summed E-state index contributed by atoms with van der Waals surface area (Å²) in [6.45, 7) is 6.81. The normalized spacial score (nSPS) is 15.7. The van der Waals surface area contributed by atoms with Crippen LogP contribution in [0.2, 0.25) is 0 Å². The van der Waals surface area contributed by atoms with Gasteiger partial charge in [-0.25, -0.2) is 0 Å². The largest absolute Gasteiger partial charge is 0.506 e. The maximum Gasteiger partial charge on any atom is 0.133 e. The first-order chi connectivity index (χ1) is 16.9. The van der Waals surface area contributed by atoms with Gasteiger partial charge in [-0.1, -0.05) is 120 Å². The molecule has 1 saturated carbocycles. The average Bonchev–Trinajstić information content (AvgIpc) is 2.84. The number of phenols is 1. The zero-order valence-corrected chi connectivity index (χ0v) is 23.1. The van der Waals surface area contributed by atoms with Gasteiger partial charge in [0.05, 0.1) is 10.1 Å². The van der Waals surface area contributed by atoms with Crippen LogP contribution < -0.4 is 0 Å². The summed E-state index contributed by atoms with van der Waals surface area (Å²) in [5, 5.41) is 12.4. The molecule has 0 spiro atoms. The zero-order valence-electron chi connectivity index (χ0n) is 21.5. The maximum atomic E-state index is 11.5. The lowest BCUT2D eigenvalue weighted by atomic mass is 9.86. The fourth-order valence-electron chi connectivity index (χ4n) is 4.80. The third-order valence-corrected chi connectivity index (χ3v) is 9.76. The van der Waals surface area contributed by atoms with E-state index in [9.17, 15) is 5.11 Å². The van der Waals surface area contributed by atoms with Crippen molar-refractivity contribution in [2.24, 2.45) is 0 Å². The van der Waals surface area contributed by atoms with Crippen molar-refractivity contribution < 1.29 is 5.11 Å². The third-order valence-electron chi connectivity index (χ3n) is 7.00. The molecule has 0 aliphatic heterocycles. The predicted octanol–water partition coefficient (Wildman–Crippen LogP) is 9.92. The van der Waals surface area contributed by atoms with Crippen molar-refractivity contribution in [3.05, 3.63) is 95.1 Å². The summed E-state index contributed by atoms with van der Waals surface area (Å²) in [5.41, 5.74) is 4.93. The topological polar surface area (TPSA) is 20.2 Å². The highest BCUT2D eigenvalue weighted by atomic mass is 32.2. The van der Waals surface area contributed by atoms with E-state index in [1.165, 1.54) is 61.6 Å². The lowest BCUT2D eigenvalue weighted by Crippen LogP contribution is -2.12. The summed E-state index contributed by atoms with van der Waals surface area (Å²) in [4.78, 5) is 0.989. The van der Waals surface area contributed by atoms with Crippen molar-refractivity contribution in [2.75, 3.05) is 0 Å². The summed E-state index contributed by atoms with van der Waals surface area (Å²) in [6, 6.07) is 25.8. The van der Waals surface area contributed by atoms with Gasteiger partial charge in [0.1, 0.15) is 5.75 Å². The van der Waals surface area contributed by atoms with Crippen LogP contribution in [0.25, 0.3) is 0 Å². The van der Waals surface area contributed by atoms with Gasteiger partial charge in [-0.2, -0.15) is 11.8 Å². The molecule has 0 atom stereocenters. The molecule has 0 heterocycles. The van der Waals surface area contributed by atoms with Crippen LogP contribution in [0.1, 0.15) is 93.2 Å². The Kier molecular flexibility index (Phi) is 9.30. The second kappa shape index (κ2) is 12.4. The number of thioether (sulfide) groups is 2. The van der Waals surface area contributed by atoms with E-state index in [4.69, 9.17) is 0 Å². The molecule has 186 valence electrons. The maximum absolute atomic E-state index is 11.5. The summed E-state index contributed by atoms with van der Waals surface area (Å²) < 4.78 is 0. The fraction of sp³-hybridized carbons (Fsp3) is 0.438. The monoisotopic (exact) mass is 504 g/mol. The first kappa shape index (κ1) is 26.2. The van der Waals surface area contributed by atoms with Gasteiger partial charge in [0, 0.05) is 16.6 Å². The second-order valence-electron chi connectivity index (χ2n) is 10.8. The number of benzene rings is 3. The summed E-state index contributed by atoms with van der Waals surface area (Å²) in [7, 11) is 0. The Morgan fingerprint density at radius 3 is 1.89 bits per heavy atom. The smallest absolute Gasteiger partial charge is 0.133 e. The lowest BCUT2D eigenvalue weighted by molar-refractivity contribution is 0.455. The highest BCUT2D eigenvalue weighted by molar-refractivity contribution is 8.00. The van der Waals surface area contributed by atoms with Gasteiger partial charge in [-0.05, 0) is 41.0 Å². The molecule has 3 aromatic carbocycles. The lowest BCUT2D eigenvalue weighted by Gasteiger charge is -2.25. The molecule has 4 rings (SSSR count). The van der Waals surface area contributed by atoms with Crippen molar-refractivity contribution in [1.82, 2.24) is 0 Å². The molecular weight excluding hydrogens is 464 g/mol.